The smallest absolute Gasteiger partial charge is 0.138 e. The maximum atomic E-state index is 13.5. The molecule has 2 aliphatic rings. The molecule has 22 heavy (non-hydrogen) atoms. The monoisotopic (exact) mass is 343 g/mol. The molecule has 2 heterocycles. The first-order valence-corrected chi connectivity index (χ1v) is 8.81. The summed E-state index contributed by atoms with van der Waals surface area (Å²) in [5, 5.41) is 7.20. The maximum Gasteiger partial charge on any atom is 0.138 e. The Morgan fingerprint density at radius 2 is 2.00 bits per heavy atom. The van der Waals surface area contributed by atoms with Gasteiger partial charge in [-0.2, -0.15) is 0 Å². The van der Waals surface area contributed by atoms with Crippen molar-refractivity contribution in [3.63, 3.8) is 0 Å². The third-order valence-corrected chi connectivity index (χ3v) is 5.37. The SMILES string of the molecule is Fc1cc(NCCCCN2C[C@H]3CNC[C@H]3C2)c(Cl)cc1S. The lowest BCUT2D eigenvalue weighted by Crippen LogP contribution is -2.27. The summed E-state index contributed by atoms with van der Waals surface area (Å²) >= 11 is 10.1. The number of likely N-dealkylation sites (tertiary alicyclic amines) is 1. The number of unbranched alkanes of at least 4 members (excludes halogenated alkanes) is 1. The summed E-state index contributed by atoms with van der Waals surface area (Å²) in [4.78, 5) is 2.86. The highest BCUT2D eigenvalue weighted by molar-refractivity contribution is 7.80. The van der Waals surface area contributed by atoms with Crippen LogP contribution in [0.15, 0.2) is 17.0 Å². The molecule has 0 radical (unpaired) electrons. The Hall–Kier alpha value is -0.490. The number of benzene rings is 1. The van der Waals surface area contributed by atoms with E-state index in [1.807, 2.05) is 0 Å². The van der Waals surface area contributed by atoms with Crippen LogP contribution in [0.25, 0.3) is 0 Å². The predicted molar refractivity (Wildman–Crippen MR) is 92.7 cm³/mol. The van der Waals surface area contributed by atoms with Gasteiger partial charge < -0.3 is 15.5 Å². The Balaban J connectivity index is 1.35. The predicted octanol–water partition coefficient (Wildman–Crippen LogP) is 3.11. The van der Waals surface area contributed by atoms with Crippen molar-refractivity contribution in [3.05, 3.63) is 23.0 Å². The first kappa shape index (κ1) is 16.4. The number of hydrogen-bond donors (Lipinski definition) is 3. The van der Waals surface area contributed by atoms with Crippen molar-refractivity contribution in [1.29, 1.82) is 0 Å². The normalized spacial score (nSPS) is 24.7. The number of thiol groups is 1. The van der Waals surface area contributed by atoms with Crippen LogP contribution in [0.2, 0.25) is 5.02 Å². The molecule has 0 aromatic heterocycles. The molecule has 1 aromatic rings. The Bertz CT molecular complexity index is 516. The van der Waals surface area contributed by atoms with Gasteiger partial charge in [0.15, 0.2) is 0 Å². The van der Waals surface area contributed by atoms with Gasteiger partial charge in [0.25, 0.3) is 0 Å². The van der Waals surface area contributed by atoms with E-state index in [-0.39, 0.29) is 10.7 Å². The van der Waals surface area contributed by atoms with Crippen LogP contribution in [0, 0.1) is 17.7 Å². The van der Waals surface area contributed by atoms with E-state index in [0.29, 0.717) is 10.7 Å². The van der Waals surface area contributed by atoms with E-state index in [2.05, 4.69) is 28.2 Å². The standard InChI is InChI=1S/C16H23ClFN3S/c17-13-5-16(22)14(18)6-15(13)20-3-1-2-4-21-9-11-7-19-8-12(11)10-21/h5-6,11-12,19-20,22H,1-4,7-10H2/t11-,12+. The number of fused-ring (bicyclic) bond motifs is 1. The summed E-state index contributed by atoms with van der Waals surface area (Å²) in [7, 11) is 0. The second-order valence-corrected chi connectivity index (χ2v) is 7.24. The zero-order valence-corrected chi connectivity index (χ0v) is 14.3. The van der Waals surface area contributed by atoms with Crippen molar-refractivity contribution in [3.8, 4) is 0 Å². The Morgan fingerprint density at radius 1 is 1.27 bits per heavy atom. The lowest BCUT2D eigenvalue weighted by atomic mass is 10.0. The van der Waals surface area contributed by atoms with E-state index < -0.39 is 0 Å². The van der Waals surface area contributed by atoms with Gasteiger partial charge in [-0.25, -0.2) is 4.39 Å². The van der Waals surface area contributed by atoms with Crippen LogP contribution in [-0.2, 0) is 0 Å². The Labute approximate surface area is 142 Å². The molecule has 2 atom stereocenters. The van der Waals surface area contributed by atoms with Gasteiger partial charge in [0.1, 0.15) is 5.82 Å². The first-order valence-electron chi connectivity index (χ1n) is 7.98. The average molecular weight is 344 g/mol. The number of nitrogens with zero attached hydrogens (tertiary/aromatic N) is 1. The molecule has 3 rings (SSSR count). The molecular formula is C16H23ClFN3S. The summed E-state index contributed by atoms with van der Waals surface area (Å²) in [6, 6.07) is 2.96. The van der Waals surface area contributed by atoms with E-state index >= 15 is 0 Å². The molecular weight excluding hydrogens is 321 g/mol. The third-order valence-electron chi connectivity index (χ3n) is 4.72. The van der Waals surface area contributed by atoms with Gasteiger partial charge in [-0.05, 0) is 56.4 Å². The van der Waals surface area contributed by atoms with E-state index in [1.165, 1.54) is 32.2 Å². The van der Waals surface area contributed by atoms with Crippen LogP contribution >= 0.6 is 24.2 Å². The number of nitrogens with one attached hydrogen (secondary N) is 2. The number of halogens is 2. The lowest BCUT2D eigenvalue weighted by molar-refractivity contribution is 0.307. The largest absolute Gasteiger partial charge is 0.384 e. The first-order chi connectivity index (χ1) is 10.6. The lowest BCUT2D eigenvalue weighted by Gasteiger charge is -2.17. The molecule has 0 amide bonds. The number of anilines is 1. The molecule has 0 aliphatic carbocycles. The molecule has 2 aliphatic heterocycles. The maximum absolute atomic E-state index is 13.5. The topological polar surface area (TPSA) is 27.3 Å². The van der Waals surface area contributed by atoms with Crippen molar-refractivity contribution < 1.29 is 4.39 Å². The molecule has 122 valence electrons. The minimum atomic E-state index is -0.340. The summed E-state index contributed by atoms with van der Waals surface area (Å²) in [6.07, 6.45) is 2.22. The van der Waals surface area contributed by atoms with Crippen molar-refractivity contribution in [2.45, 2.75) is 17.7 Å². The van der Waals surface area contributed by atoms with Gasteiger partial charge in [-0.1, -0.05) is 11.6 Å². The van der Waals surface area contributed by atoms with Crippen LogP contribution < -0.4 is 10.6 Å². The Kier molecular flexibility index (Phi) is 5.50. The minimum absolute atomic E-state index is 0.282. The van der Waals surface area contributed by atoms with Gasteiger partial charge in [0, 0.05) is 24.5 Å². The molecule has 2 N–H and O–H groups in total. The fourth-order valence-corrected chi connectivity index (χ4v) is 3.99. The van der Waals surface area contributed by atoms with Crippen LogP contribution in [0.3, 0.4) is 0 Å². The molecule has 0 unspecified atom stereocenters. The molecule has 6 heteroatoms. The van der Waals surface area contributed by atoms with Crippen LogP contribution in [0.5, 0.6) is 0 Å². The molecule has 0 bridgehead atoms. The summed E-state index contributed by atoms with van der Waals surface area (Å²) in [6.45, 7) is 6.83. The fraction of sp³-hybridized carbons (Fsp3) is 0.625. The van der Waals surface area contributed by atoms with Crippen molar-refractivity contribution >= 4 is 29.9 Å². The zero-order chi connectivity index (χ0) is 15.5. The third kappa shape index (κ3) is 3.88. The van der Waals surface area contributed by atoms with Crippen LogP contribution in [-0.4, -0.2) is 44.2 Å². The van der Waals surface area contributed by atoms with Crippen molar-refractivity contribution in [2.24, 2.45) is 11.8 Å². The minimum Gasteiger partial charge on any atom is -0.384 e. The van der Waals surface area contributed by atoms with Crippen molar-refractivity contribution in [2.75, 3.05) is 44.6 Å². The molecule has 0 saturated carbocycles. The van der Waals surface area contributed by atoms with E-state index in [0.717, 1.165) is 37.8 Å². The van der Waals surface area contributed by atoms with E-state index in [1.54, 1.807) is 6.07 Å². The number of rotatable bonds is 6. The number of hydrogen-bond acceptors (Lipinski definition) is 4. The van der Waals surface area contributed by atoms with Crippen molar-refractivity contribution in [1.82, 2.24) is 10.2 Å². The molecule has 1 aromatic carbocycles. The van der Waals surface area contributed by atoms with Gasteiger partial charge in [0.05, 0.1) is 10.7 Å². The quantitative estimate of drug-likeness (QED) is 0.547. The van der Waals surface area contributed by atoms with E-state index in [9.17, 15) is 4.39 Å². The van der Waals surface area contributed by atoms with Gasteiger partial charge in [0.2, 0.25) is 0 Å². The zero-order valence-electron chi connectivity index (χ0n) is 12.6. The Morgan fingerprint density at radius 3 is 2.73 bits per heavy atom. The molecule has 0 spiro atoms. The highest BCUT2D eigenvalue weighted by atomic mass is 35.5. The summed E-state index contributed by atoms with van der Waals surface area (Å²) in [5.74, 6) is 1.38. The van der Waals surface area contributed by atoms with Crippen LogP contribution in [0.4, 0.5) is 10.1 Å². The average Bonchev–Trinajstić information content (AvgIpc) is 3.05. The summed E-state index contributed by atoms with van der Waals surface area (Å²) in [5.41, 5.74) is 0.652. The molecule has 3 nitrogen and oxygen atoms in total. The molecule has 2 saturated heterocycles. The molecule has 2 fully saturated rings. The second kappa shape index (κ2) is 7.39. The van der Waals surface area contributed by atoms with Gasteiger partial charge in [-0.3, -0.25) is 0 Å². The van der Waals surface area contributed by atoms with Gasteiger partial charge in [-0.15, -0.1) is 12.6 Å². The fourth-order valence-electron chi connectivity index (χ4n) is 3.49. The van der Waals surface area contributed by atoms with Gasteiger partial charge >= 0.3 is 0 Å². The van der Waals surface area contributed by atoms with E-state index in [4.69, 9.17) is 11.6 Å². The van der Waals surface area contributed by atoms with Crippen LogP contribution in [0.1, 0.15) is 12.8 Å². The summed E-state index contributed by atoms with van der Waals surface area (Å²) < 4.78 is 13.5. The second-order valence-electron chi connectivity index (χ2n) is 6.36. The highest BCUT2D eigenvalue weighted by Gasteiger charge is 2.35. The highest BCUT2D eigenvalue weighted by Crippen LogP contribution is 2.28.